The van der Waals surface area contributed by atoms with Gasteiger partial charge < -0.3 is 9.47 Å². The minimum Gasteiger partial charge on any atom is -0.353 e. The predicted octanol–water partition coefficient (Wildman–Crippen LogP) is 4.00. The van der Waals surface area contributed by atoms with Gasteiger partial charge in [-0.3, -0.25) is 0 Å². The molecule has 0 rings (SSSR count). The van der Waals surface area contributed by atoms with Crippen molar-refractivity contribution in [3.63, 3.8) is 0 Å². The number of alkyl halides is 7. The molecule has 0 aromatic rings. The molecule has 0 N–H and O–H groups in total. The number of ether oxygens (including phenoxy) is 2. The summed E-state index contributed by atoms with van der Waals surface area (Å²) < 4.78 is 94.9. The lowest BCUT2D eigenvalue weighted by molar-refractivity contribution is -0.366. The van der Waals surface area contributed by atoms with Crippen LogP contribution in [0.4, 0.5) is 30.7 Å². The van der Waals surface area contributed by atoms with E-state index in [1.54, 1.807) is 0 Å². The van der Waals surface area contributed by atoms with E-state index in [0.29, 0.717) is 6.42 Å². The normalized spacial score (nSPS) is 15.6. The van der Waals surface area contributed by atoms with Gasteiger partial charge in [0.2, 0.25) is 0 Å². The first-order valence-corrected chi connectivity index (χ1v) is 5.51. The lowest BCUT2D eigenvalue weighted by Gasteiger charge is -2.28. The topological polar surface area (TPSA) is 18.5 Å². The predicted molar refractivity (Wildman–Crippen MR) is 52.2 cm³/mol. The molecule has 0 saturated heterocycles. The molecule has 0 aliphatic rings. The highest BCUT2D eigenvalue weighted by Gasteiger charge is 2.73. The zero-order chi connectivity index (χ0) is 15.3. The molecule has 9 heteroatoms. The van der Waals surface area contributed by atoms with Gasteiger partial charge in [0.25, 0.3) is 0 Å². The quantitative estimate of drug-likeness (QED) is 0.383. The Morgan fingerprint density at radius 3 is 1.89 bits per heavy atom. The van der Waals surface area contributed by atoms with Gasteiger partial charge in [0, 0.05) is 6.61 Å². The van der Waals surface area contributed by atoms with Crippen molar-refractivity contribution in [1.82, 2.24) is 0 Å². The van der Waals surface area contributed by atoms with Crippen LogP contribution in [-0.2, 0) is 9.47 Å². The molecule has 2 nitrogen and oxygen atoms in total. The Morgan fingerprint density at radius 2 is 1.47 bits per heavy atom. The standard InChI is InChI=1S/C10H15F7O2/c1-3-4-5-18-7(2)19-6-8(11,12)9(13,14)10(15,16)17/h7H,3-6H2,1-2H3/t7-/m0/s1. The number of halogens is 7. The third kappa shape index (κ3) is 5.13. The SMILES string of the molecule is CCCCO[C@H](C)OCC(F)(F)C(F)(F)C(F)(F)F. The van der Waals surface area contributed by atoms with Gasteiger partial charge in [-0.25, -0.2) is 0 Å². The Balaban J connectivity index is 4.38. The van der Waals surface area contributed by atoms with E-state index in [0.717, 1.165) is 13.3 Å². The molecule has 0 saturated carbocycles. The summed E-state index contributed by atoms with van der Waals surface area (Å²) >= 11 is 0. The van der Waals surface area contributed by atoms with Crippen molar-refractivity contribution in [2.75, 3.05) is 13.2 Å². The molecular formula is C10H15F7O2. The van der Waals surface area contributed by atoms with E-state index in [4.69, 9.17) is 4.74 Å². The number of hydrogen-bond acceptors (Lipinski definition) is 2. The molecular weight excluding hydrogens is 285 g/mol. The second kappa shape index (κ2) is 6.74. The summed E-state index contributed by atoms with van der Waals surface area (Å²) in [5.74, 6) is -11.5. The van der Waals surface area contributed by atoms with E-state index in [1.807, 2.05) is 6.92 Å². The Kier molecular flexibility index (Phi) is 6.53. The van der Waals surface area contributed by atoms with E-state index in [1.165, 1.54) is 0 Å². The molecule has 19 heavy (non-hydrogen) atoms. The molecule has 0 heterocycles. The maximum absolute atomic E-state index is 12.8. The molecule has 116 valence electrons. The monoisotopic (exact) mass is 300 g/mol. The first-order valence-electron chi connectivity index (χ1n) is 5.51. The van der Waals surface area contributed by atoms with E-state index in [-0.39, 0.29) is 6.61 Å². The molecule has 0 aliphatic heterocycles. The van der Waals surface area contributed by atoms with E-state index in [2.05, 4.69) is 4.74 Å². The van der Waals surface area contributed by atoms with Crippen molar-refractivity contribution in [3.05, 3.63) is 0 Å². The Morgan fingerprint density at radius 1 is 0.947 bits per heavy atom. The highest BCUT2D eigenvalue weighted by atomic mass is 19.4. The molecule has 0 radical (unpaired) electrons. The van der Waals surface area contributed by atoms with Gasteiger partial charge in [-0.2, -0.15) is 30.7 Å². The smallest absolute Gasteiger partial charge is 0.353 e. The lowest BCUT2D eigenvalue weighted by atomic mass is 10.2. The van der Waals surface area contributed by atoms with Crippen LogP contribution in [0.5, 0.6) is 0 Å². The van der Waals surface area contributed by atoms with E-state index in [9.17, 15) is 30.7 Å². The highest BCUT2D eigenvalue weighted by Crippen LogP contribution is 2.46. The fourth-order valence-electron chi connectivity index (χ4n) is 0.962. The van der Waals surface area contributed by atoms with Crippen molar-refractivity contribution < 1.29 is 40.2 Å². The Labute approximate surface area is 105 Å². The third-order valence-electron chi connectivity index (χ3n) is 2.17. The Hall–Kier alpha value is -0.570. The minimum atomic E-state index is -6.34. The van der Waals surface area contributed by atoms with Crippen molar-refractivity contribution in [2.24, 2.45) is 0 Å². The molecule has 0 aliphatic carbocycles. The summed E-state index contributed by atoms with van der Waals surface area (Å²) in [6.45, 7) is 1.02. The zero-order valence-corrected chi connectivity index (χ0v) is 10.4. The zero-order valence-electron chi connectivity index (χ0n) is 10.4. The van der Waals surface area contributed by atoms with Crippen molar-refractivity contribution >= 4 is 0 Å². The summed E-state index contributed by atoms with van der Waals surface area (Å²) in [4.78, 5) is 0. The minimum absolute atomic E-state index is 0.138. The first kappa shape index (κ1) is 18.4. The van der Waals surface area contributed by atoms with E-state index >= 15 is 0 Å². The van der Waals surface area contributed by atoms with Crippen LogP contribution in [0, 0.1) is 0 Å². The molecule has 0 aromatic heterocycles. The van der Waals surface area contributed by atoms with Gasteiger partial charge in [-0.1, -0.05) is 13.3 Å². The average Bonchev–Trinajstić information content (AvgIpc) is 2.25. The Bertz CT molecular complexity index is 265. The highest BCUT2D eigenvalue weighted by molar-refractivity contribution is 4.90. The van der Waals surface area contributed by atoms with Crippen LogP contribution >= 0.6 is 0 Å². The molecule has 1 atom stereocenters. The van der Waals surface area contributed by atoms with Crippen LogP contribution in [0.15, 0.2) is 0 Å². The van der Waals surface area contributed by atoms with Gasteiger partial charge in [0.05, 0.1) is 0 Å². The van der Waals surface area contributed by atoms with Crippen LogP contribution in [0.25, 0.3) is 0 Å². The molecule has 0 fully saturated rings. The van der Waals surface area contributed by atoms with Crippen molar-refractivity contribution in [3.8, 4) is 0 Å². The van der Waals surface area contributed by atoms with Crippen LogP contribution in [0.2, 0.25) is 0 Å². The molecule has 0 spiro atoms. The van der Waals surface area contributed by atoms with Gasteiger partial charge in [0.1, 0.15) is 6.61 Å². The van der Waals surface area contributed by atoms with Gasteiger partial charge >= 0.3 is 18.0 Å². The maximum atomic E-state index is 12.8. The summed E-state index contributed by atoms with van der Waals surface area (Å²) in [6.07, 6.45) is -6.30. The van der Waals surface area contributed by atoms with E-state index < -0.39 is 30.9 Å². The molecule has 0 amide bonds. The largest absolute Gasteiger partial charge is 0.459 e. The number of unbranched alkanes of at least 4 members (excludes halogenated alkanes) is 1. The second-order valence-corrected chi connectivity index (χ2v) is 3.88. The fraction of sp³-hybridized carbons (Fsp3) is 1.00. The van der Waals surface area contributed by atoms with Crippen LogP contribution in [0.3, 0.4) is 0 Å². The number of hydrogen-bond donors (Lipinski definition) is 0. The van der Waals surface area contributed by atoms with Crippen molar-refractivity contribution in [1.29, 1.82) is 0 Å². The van der Waals surface area contributed by atoms with Gasteiger partial charge in [-0.15, -0.1) is 0 Å². The van der Waals surface area contributed by atoms with Gasteiger partial charge in [0.15, 0.2) is 6.29 Å². The first-order chi connectivity index (χ1) is 8.45. The van der Waals surface area contributed by atoms with Crippen LogP contribution in [-0.4, -0.2) is 37.5 Å². The van der Waals surface area contributed by atoms with Gasteiger partial charge in [-0.05, 0) is 13.3 Å². The van der Waals surface area contributed by atoms with Crippen LogP contribution in [0.1, 0.15) is 26.7 Å². The number of rotatable bonds is 8. The average molecular weight is 300 g/mol. The summed E-state index contributed by atoms with van der Waals surface area (Å²) in [5, 5.41) is 0. The second-order valence-electron chi connectivity index (χ2n) is 3.88. The summed E-state index contributed by atoms with van der Waals surface area (Å²) in [5.41, 5.74) is 0. The lowest BCUT2D eigenvalue weighted by Crippen LogP contribution is -2.54. The fourth-order valence-corrected chi connectivity index (χ4v) is 0.962. The van der Waals surface area contributed by atoms with Crippen LogP contribution < -0.4 is 0 Å². The molecule has 0 bridgehead atoms. The van der Waals surface area contributed by atoms with Crippen molar-refractivity contribution in [2.45, 2.75) is 51.0 Å². The summed E-state index contributed by atoms with van der Waals surface area (Å²) in [7, 11) is 0. The summed E-state index contributed by atoms with van der Waals surface area (Å²) in [6, 6.07) is 0. The maximum Gasteiger partial charge on any atom is 0.459 e. The molecule has 0 aromatic carbocycles. The third-order valence-corrected chi connectivity index (χ3v) is 2.17. The molecule has 0 unspecified atom stereocenters.